The van der Waals surface area contributed by atoms with Crippen molar-refractivity contribution in [3.05, 3.63) is 0 Å². The Kier molecular flexibility index (Phi) is 3490. The molecule has 0 saturated heterocycles. The molecular weight excluding hydrogens is 635 g/mol. The summed E-state index contributed by atoms with van der Waals surface area (Å²) in [5.74, 6) is 0. The van der Waals surface area contributed by atoms with Gasteiger partial charge in [0.05, 0.1) is 0 Å². The number of hydrogen-bond donors (Lipinski definition) is 0. The quantitative estimate of drug-likeness (QED) is 0.314. The third kappa shape index (κ3) is 170. The molecule has 0 fully saturated rings. The van der Waals surface area contributed by atoms with Crippen LogP contribution in [0.25, 0.3) is 0 Å². The first-order valence-corrected chi connectivity index (χ1v) is 0. The molecule has 0 atom stereocenters. The van der Waals surface area contributed by atoms with Crippen LogP contribution >= 0.6 is 0 Å². The molecular formula is Ag2Cu2Mn2O5V2-10. The fourth-order valence-corrected chi connectivity index (χ4v) is 0. The molecule has 8 radical (unpaired) electrons. The van der Waals surface area contributed by atoms with Crippen LogP contribution in [-0.4, -0.2) is 0 Å². The Morgan fingerprint density at radius 3 is 0.385 bits per heavy atom. The summed E-state index contributed by atoms with van der Waals surface area (Å²) >= 11 is 0. The minimum Gasteiger partial charge on any atom is -2.00 e. The normalized spacial score (nSPS) is 0. The molecule has 0 aromatic heterocycles. The maximum Gasteiger partial charge on any atom is 0 e. The van der Waals surface area contributed by atoms with Crippen LogP contribution in [0.15, 0.2) is 0 Å². The van der Waals surface area contributed by atoms with Crippen molar-refractivity contribution in [2.45, 2.75) is 0 Å². The van der Waals surface area contributed by atoms with E-state index in [0.717, 1.165) is 0 Å². The third-order valence-corrected chi connectivity index (χ3v) is 0. The summed E-state index contributed by atoms with van der Waals surface area (Å²) in [7, 11) is 0. The van der Waals surface area contributed by atoms with Gasteiger partial charge in [0.25, 0.3) is 0 Å². The van der Waals surface area contributed by atoms with E-state index in [-0.39, 0.29) is 178 Å². The molecule has 0 bridgehead atoms. The van der Waals surface area contributed by atoms with Gasteiger partial charge in [-0.05, 0) is 0 Å². The van der Waals surface area contributed by atoms with Crippen molar-refractivity contribution < 1.29 is 178 Å². The second kappa shape index (κ2) is 194. The predicted octanol–water partition coefficient (Wildman–Crippen LogP) is -0.614. The zero-order valence-corrected chi connectivity index (χ0v) is 14.9. The van der Waals surface area contributed by atoms with E-state index in [0.29, 0.717) is 0 Å². The summed E-state index contributed by atoms with van der Waals surface area (Å²) < 4.78 is 0. The van der Waals surface area contributed by atoms with Crippen LogP contribution in [-0.2, 0) is 178 Å². The molecule has 0 heterocycles. The molecule has 0 amide bonds. The standard InChI is InChI=1S/2Ag.2Cu.2Mn.5O.2V/q;;;;;;5*-2;;. The molecule has 0 saturated carbocycles. The monoisotopic (exact) mass is 631 g/mol. The number of rotatable bonds is 0. The number of hydrogen-bond acceptors (Lipinski definition) is 0. The Bertz CT molecular complexity index is 28.5. The van der Waals surface area contributed by atoms with Gasteiger partial charge in [0, 0.05) is 150 Å². The molecule has 0 aliphatic rings. The van der Waals surface area contributed by atoms with Crippen molar-refractivity contribution in [1.29, 1.82) is 0 Å². The van der Waals surface area contributed by atoms with E-state index >= 15 is 0 Å². The van der Waals surface area contributed by atoms with Gasteiger partial charge in [-0.15, -0.1) is 0 Å². The average Bonchev–Trinajstić information content (AvgIpc) is 0. The van der Waals surface area contributed by atoms with Crippen LogP contribution in [0, 0.1) is 0 Å². The van der Waals surface area contributed by atoms with E-state index in [1.165, 1.54) is 0 Å². The van der Waals surface area contributed by atoms with Gasteiger partial charge in [-0.25, -0.2) is 0 Å². The van der Waals surface area contributed by atoms with Gasteiger partial charge in [0.15, 0.2) is 0 Å². The Morgan fingerprint density at radius 1 is 0.385 bits per heavy atom. The molecule has 5 nitrogen and oxygen atoms in total. The van der Waals surface area contributed by atoms with Gasteiger partial charge in [0.2, 0.25) is 0 Å². The van der Waals surface area contributed by atoms with E-state index in [2.05, 4.69) is 0 Å². The first-order valence-electron chi connectivity index (χ1n) is 0. The van der Waals surface area contributed by atoms with Crippen LogP contribution in [0.4, 0.5) is 0 Å². The van der Waals surface area contributed by atoms with Crippen LogP contribution < -0.4 is 0 Å². The van der Waals surface area contributed by atoms with Gasteiger partial charge in [0.1, 0.15) is 0 Å². The van der Waals surface area contributed by atoms with E-state index in [9.17, 15) is 0 Å². The molecule has 0 aromatic rings. The average molecular weight is 635 g/mol. The summed E-state index contributed by atoms with van der Waals surface area (Å²) in [6.45, 7) is 0. The summed E-state index contributed by atoms with van der Waals surface area (Å²) in [4.78, 5) is 0. The Hall–Kier alpha value is 4.53. The Balaban J connectivity index is 0. The van der Waals surface area contributed by atoms with Crippen molar-refractivity contribution in [3.8, 4) is 0 Å². The molecule has 0 spiro atoms. The minimum absolute atomic E-state index is 0. The molecule has 108 valence electrons. The molecule has 0 aliphatic carbocycles. The molecule has 0 aliphatic heterocycles. The molecule has 0 N–H and O–H groups in total. The van der Waals surface area contributed by atoms with Crippen LogP contribution in [0.1, 0.15) is 0 Å². The largest absolute Gasteiger partial charge is 2.00 e. The Labute approximate surface area is 174 Å². The second-order valence-electron chi connectivity index (χ2n) is 0. The third-order valence-electron chi connectivity index (χ3n) is 0. The first kappa shape index (κ1) is 234. The van der Waals surface area contributed by atoms with E-state index in [4.69, 9.17) is 0 Å². The fourth-order valence-electron chi connectivity index (χ4n) is 0. The van der Waals surface area contributed by atoms with Gasteiger partial charge < -0.3 is 27.4 Å². The van der Waals surface area contributed by atoms with E-state index in [1.54, 1.807) is 0 Å². The smallest absolute Gasteiger partial charge is 0 e. The topological polar surface area (TPSA) is 142 Å². The van der Waals surface area contributed by atoms with Gasteiger partial charge in [-0.2, -0.15) is 0 Å². The zero-order valence-electron chi connectivity index (χ0n) is 4.90. The van der Waals surface area contributed by atoms with Gasteiger partial charge in [-0.3, -0.25) is 0 Å². The molecule has 0 rings (SSSR count). The summed E-state index contributed by atoms with van der Waals surface area (Å²) in [5, 5.41) is 0. The Morgan fingerprint density at radius 2 is 0.385 bits per heavy atom. The SMILES string of the molecule is [Ag].[Ag].[Cu].[Cu].[Mn].[Mn].[O-2].[O-2].[O-2].[O-2].[O-2].[V].[V]. The van der Waals surface area contributed by atoms with Crippen molar-refractivity contribution in [2.75, 3.05) is 0 Å². The van der Waals surface area contributed by atoms with Crippen LogP contribution in [0.3, 0.4) is 0 Å². The zero-order chi connectivity index (χ0) is 0. The molecule has 13 heteroatoms. The van der Waals surface area contributed by atoms with Crippen LogP contribution in [0.2, 0.25) is 0 Å². The van der Waals surface area contributed by atoms with Crippen molar-refractivity contribution in [2.24, 2.45) is 0 Å². The van der Waals surface area contributed by atoms with Crippen LogP contribution in [0.5, 0.6) is 0 Å². The first-order chi connectivity index (χ1) is 0. The molecule has 0 aromatic carbocycles. The second-order valence-corrected chi connectivity index (χ2v) is 0. The summed E-state index contributed by atoms with van der Waals surface area (Å²) in [6.07, 6.45) is 0. The fraction of sp³-hybridized carbons (Fsp3) is 0. The summed E-state index contributed by atoms with van der Waals surface area (Å²) in [5.41, 5.74) is 0. The maximum absolute atomic E-state index is 0. The maximum atomic E-state index is 0. The van der Waals surface area contributed by atoms with Crippen molar-refractivity contribution in [1.82, 2.24) is 0 Å². The van der Waals surface area contributed by atoms with Gasteiger partial charge >= 0.3 is 0 Å². The summed E-state index contributed by atoms with van der Waals surface area (Å²) in [6, 6.07) is 0. The molecule has 0 unspecified atom stereocenters. The van der Waals surface area contributed by atoms with Crippen molar-refractivity contribution in [3.63, 3.8) is 0 Å². The van der Waals surface area contributed by atoms with E-state index < -0.39 is 0 Å². The van der Waals surface area contributed by atoms with E-state index in [1.807, 2.05) is 0 Å². The molecule has 13 heavy (non-hydrogen) atoms. The predicted molar refractivity (Wildman–Crippen MR) is 3.43 cm³/mol. The van der Waals surface area contributed by atoms with Gasteiger partial charge in [-0.1, -0.05) is 0 Å². The minimum atomic E-state index is 0. The van der Waals surface area contributed by atoms with Crippen molar-refractivity contribution >= 4 is 0 Å².